The Bertz CT molecular complexity index is 509. The van der Waals surface area contributed by atoms with Crippen molar-refractivity contribution in [1.29, 1.82) is 0 Å². The highest BCUT2D eigenvalue weighted by molar-refractivity contribution is 5.81. The second kappa shape index (κ2) is 4.49. The monoisotopic (exact) mass is 216 g/mol. The third-order valence-electron chi connectivity index (χ3n) is 2.70. The van der Waals surface area contributed by atoms with E-state index in [1.165, 1.54) is 5.56 Å². The molecule has 0 saturated heterocycles. The Morgan fingerprint density at radius 3 is 2.81 bits per heavy atom. The second-order valence-electron chi connectivity index (χ2n) is 3.85. The molecule has 1 heterocycles. The molecule has 0 atom stereocenters. The maximum Gasteiger partial charge on any atom is 0.121 e. The van der Waals surface area contributed by atoms with Crippen LogP contribution in [0.15, 0.2) is 24.3 Å². The Balaban J connectivity index is 2.56. The molecule has 2 rings (SSSR count). The van der Waals surface area contributed by atoms with Crippen molar-refractivity contribution in [2.45, 2.75) is 13.3 Å². The first-order chi connectivity index (χ1) is 7.74. The first kappa shape index (κ1) is 10.9. The van der Waals surface area contributed by atoms with Gasteiger partial charge >= 0.3 is 0 Å². The van der Waals surface area contributed by atoms with Gasteiger partial charge in [0.1, 0.15) is 5.75 Å². The van der Waals surface area contributed by atoms with Gasteiger partial charge in [0.25, 0.3) is 0 Å². The predicted molar refractivity (Wildman–Crippen MR) is 65.8 cm³/mol. The number of aryl methyl sites for hydroxylation is 1. The number of ether oxygens (including phenoxy) is 1. The smallest absolute Gasteiger partial charge is 0.121 e. The van der Waals surface area contributed by atoms with Crippen LogP contribution >= 0.6 is 0 Å². The van der Waals surface area contributed by atoms with E-state index in [4.69, 9.17) is 10.5 Å². The van der Waals surface area contributed by atoms with Crippen molar-refractivity contribution < 1.29 is 4.74 Å². The Morgan fingerprint density at radius 1 is 1.31 bits per heavy atom. The fraction of sp³-hybridized carbons (Fsp3) is 0.308. The van der Waals surface area contributed by atoms with Crippen LogP contribution in [0.4, 0.5) is 0 Å². The second-order valence-corrected chi connectivity index (χ2v) is 3.85. The van der Waals surface area contributed by atoms with Gasteiger partial charge in [-0.15, -0.1) is 0 Å². The Hall–Kier alpha value is -1.61. The van der Waals surface area contributed by atoms with Crippen LogP contribution in [0.5, 0.6) is 5.75 Å². The number of aromatic nitrogens is 1. The molecule has 1 aromatic heterocycles. The summed E-state index contributed by atoms with van der Waals surface area (Å²) in [4.78, 5) is 4.61. The lowest BCUT2D eigenvalue weighted by molar-refractivity contribution is 0.415. The maximum absolute atomic E-state index is 5.56. The van der Waals surface area contributed by atoms with Gasteiger partial charge < -0.3 is 10.5 Å². The van der Waals surface area contributed by atoms with Crippen molar-refractivity contribution in [1.82, 2.24) is 4.98 Å². The first-order valence-electron chi connectivity index (χ1n) is 5.39. The van der Waals surface area contributed by atoms with Gasteiger partial charge in [-0.25, -0.2) is 0 Å². The molecule has 0 fully saturated rings. The quantitative estimate of drug-likeness (QED) is 0.854. The van der Waals surface area contributed by atoms with E-state index in [0.717, 1.165) is 28.8 Å². The number of methoxy groups -OCH3 is 1. The average molecular weight is 216 g/mol. The van der Waals surface area contributed by atoms with Gasteiger partial charge in [0, 0.05) is 23.6 Å². The minimum atomic E-state index is 0.628. The number of benzene rings is 1. The van der Waals surface area contributed by atoms with E-state index in [0.29, 0.717) is 6.54 Å². The zero-order valence-corrected chi connectivity index (χ0v) is 9.66. The van der Waals surface area contributed by atoms with E-state index in [1.54, 1.807) is 7.11 Å². The fourth-order valence-electron chi connectivity index (χ4n) is 1.81. The number of nitrogens with zero attached hydrogens (tertiary/aromatic N) is 1. The van der Waals surface area contributed by atoms with Crippen LogP contribution in [0.2, 0.25) is 0 Å². The lowest BCUT2D eigenvalue weighted by atomic mass is 10.1. The standard InChI is InChI=1S/C13H16N2O/c1-9-7-10-3-4-11(16-2)8-13(10)15-12(9)5-6-14/h3-4,7-8H,5-6,14H2,1-2H3. The van der Waals surface area contributed by atoms with E-state index in [1.807, 2.05) is 18.2 Å². The average Bonchev–Trinajstić information content (AvgIpc) is 2.30. The van der Waals surface area contributed by atoms with Crippen LogP contribution in [0.1, 0.15) is 11.3 Å². The molecule has 0 bridgehead atoms. The van der Waals surface area contributed by atoms with Crippen LogP contribution in [0.3, 0.4) is 0 Å². The molecule has 1 aromatic carbocycles. The van der Waals surface area contributed by atoms with Gasteiger partial charge in [0.15, 0.2) is 0 Å². The molecule has 0 unspecified atom stereocenters. The summed E-state index contributed by atoms with van der Waals surface area (Å²) in [5.41, 5.74) is 8.80. The lowest BCUT2D eigenvalue weighted by Gasteiger charge is -2.07. The summed E-state index contributed by atoms with van der Waals surface area (Å²) < 4.78 is 5.19. The molecular formula is C13H16N2O. The minimum Gasteiger partial charge on any atom is -0.497 e. The van der Waals surface area contributed by atoms with Gasteiger partial charge in [-0.3, -0.25) is 4.98 Å². The Morgan fingerprint density at radius 2 is 2.12 bits per heavy atom. The summed E-state index contributed by atoms with van der Waals surface area (Å²) in [7, 11) is 1.66. The lowest BCUT2D eigenvalue weighted by Crippen LogP contribution is -2.06. The number of fused-ring (bicyclic) bond motifs is 1. The van der Waals surface area contributed by atoms with E-state index >= 15 is 0 Å². The molecular weight excluding hydrogens is 200 g/mol. The van der Waals surface area contributed by atoms with E-state index < -0.39 is 0 Å². The van der Waals surface area contributed by atoms with E-state index in [-0.39, 0.29) is 0 Å². The molecule has 0 radical (unpaired) electrons. The number of pyridine rings is 1. The number of hydrogen-bond donors (Lipinski definition) is 1. The van der Waals surface area contributed by atoms with Gasteiger partial charge in [-0.1, -0.05) is 0 Å². The predicted octanol–water partition coefficient (Wildman–Crippen LogP) is 2.05. The fourth-order valence-corrected chi connectivity index (χ4v) is 1.81. The molecule has 0 amide bonds. The van der Waals surface area contributed by atoms with E-state index in [2.05, 4.69) is 18.0 Å². The Labute approximate surface area is 95.2 Å². The largest absolute Gasteiger partial charge is 0.497 e. The molecule has 0 aliphatic heterocycles. The molecule has 2 aromatic rings. The summed E-state index contributed by atoms with van der Waals surface area (Å²) in [6.45, 7) is 2.70. The third-order valence-corrected chi connectivity index (χ3v) is 2.70. The third kappa shape index (κ3) is 1.99. The minimum absolute atomic E-state index is 0.628. The summed E-state index contributed by atoms with van der Waals surface area (Å²) in [5, 5.41) is 1.14. The summed E-state index contributed by atoms with van der Waals surface area (Å²) in [6.07, 6.45) is 0.818. The van der Waals surface area contributed by atoms with Crippen molar-refractivity contribution in [3.8, 4) is 5.75 Å². The molecule has 2 N–H and O–H groups in total. The number of hydrogen-bond acceptors (Lipinski definition) is 3. The molecule has 3 nitrogen and oxygen atoms in total. The van der Waals surface area contributed by atoms with Crippen molar-refractivity contribution in [2.24, 2.45) is 5.73 Å². The molecule has 84 valence electrons. The van der Waals surface area contributed by atoms with Crippen molar-refractivity contribution in [2.75, 3.05) is 13.7 Å². The molecule has 16 heavy (non-hydrogen) atoms. The zero-order valence-electron chi connectivity index (χ0n) is 9.66. The normalized spacial score (nSPS) is 10.7. The highest BCUT2D eigenvalue weighted by atomic mass is 16.5. The van der Waals surface area contributed by atoms with Gasteiger partial charge in [-0.2, -0.15) is 0 Å². The number of rotatable bonds is 3. The van der Waals surface area contributed by atoms with Crippen LogP contribution in [-0.2, 0) is 6.42 Å². The van der Waals surface area contributed by atoms with Crippen molar-refractivity contribution in [3.05, 3.63) is 35.5 Å². The van der Waals surface area contributed by atoms with Crippen molar-refractivity contribution >= 4 is 10.9 Å². The molecule has 0 spiro atoms. The molecule has 0 aliphatic carbocycles. The van der Waals surface area contributed by atoms with Gasteiger partial charge in [-0.05, 0) is 37.2 Å². The van der Waals surface area contributed by atoms with Crippen LogP contribution < -0.4 is 10.5 Å². The SMILES string of the molecule is COc1ccc2cc(C)c(CCN)nc2c1. The van der Waals surface area contributed by atoms with Crippen LogP contribution in [0, 0.1) is 6.92 Å². The van der Waals surface area contributed by atoms with Crippen LogP contribution in [-0.4, -0.2) is 18.6 Å². The summed E-state index contributed by atoms with van der Waals surface area (Å²) in [5.74, 6) is 0.836. The van der Waals surface area contributed by atoms with Crippen molar-refractivity contribution in [3.63, 3.8) is 0 Å². The Kier molecular flexibility index (Phi) is 3.06. The molecule has 0 saturated carbocycles. The summed E-state index contributed by atoms with van der Waals surface area (Å²) in [6, 6.07) is 8.08. The summed E-state index contributed by atoms with van der Waals surface area (Å²) >= 11 is 0. The molecule has 0 aliphatic rings. The highest BCUT2D eigenvalue weighted by Gasteiger charge is 2.03. The van der Waals surface area contributed by atoms with Crippen LogP contribution in [0.25, 0.3) is 10.9 Å². The van der Waals surface area contributed by atoms with Gasteiger partial charge in [0.2, 0.25) is 0 Å². The van der Waals surface area contributed by atoms with Gasteiger partial charge in [0.05, 0.1) is 12.6 Å². The number of nitrogens with two attached hydrogens (primary N) is 1. The highest BCUT2D eigenvalue weighted by Crippen LogP contribution is 2.21. The molecule has 3 heteroatoms. The first-order valence-corrected chi connectivity index (χ1v) is 5.39. The zero-order chi connectivity index (χ0) is 11.5. The maximum atomic E-state index is 5.56. The van der Waals surface area contributed by atoms with E-state index in [9.17, 15) is 0 Å². The topological polar surface area (TPSA) is 48.1 Å².